The maximum atomic E-state index is 12.1. The summed E-state index contributed by atoms with van der Waals surface area (Å²) in [5.74, 6) is 1.81. The van der Waals surface area contributed by atoms with Crippen molar-refractivity contribution in [1.82, 2.24) is 5.32 Å². The maximum absolute atomic E-state index is 12.1. The number of alkyl halides is 1. The minimum Gasteiger partial charge on any atom is -0.355 e. The highest BCUT2D eigenvalue weighted by Gasteiger charge is 2.37. The molecule has 0 bridgehead atoms. The third kappa shape index (κ3) is 3.31. The Kier molecular flexibility index (Phi) is 4.65. The van der Waals surface area contributed by atoms with Crippen LogP contribution < -0.4 is 5.32 Å². The van der Waals surface area contributed by atoms with Gasteiger partial charge in [0.2, 0.25) is 5.91 Å². The summed E-state index contributed by atoms with van der Waals surface area (Å²) < 4.78 is -0.184. The van der Waals surface area contributed by atoms with Gasteiger partial charge >= 0.3 is 0 Å². The maximum Gasteiger partial charge on any atom is 0.235 e. The fourth-order valence-corrected chi connectivity index (χ4v) is 4.36. The zero-order valence-corrected chi connectivity index (χ0v) is 12.1. The molecule has 1 saturated heterocycles. The number of halogens is 1. The molecule has 0 aromatic heterocycles. The van der Waals surface area contributed by atoms with Crippen molar-refractivity contribution in [2.24, 2.45) is 5.92 Å². The van der Waals surface area contributed by atoms with E-state index < -0.39 is 0 Å². The molecule has 4 heteroatoms. The highest BCUT2D eigenvalue weighted by Crippen LogP contribution is 2.38. The van der Waals surface area contributed by atoms with Crippen LogP contribution in [0.4, 0.5) is 0 Å². The van der Waals surface area contributed by atoms with E-state index in [1.54, 1.807) is 11.8 Å². The van der Waals surface area contributed by atoms with Crippen LogP contribution in [0.15, 0.2) is 0 Å². The van der Waals surface area contributed by atoms with E-state index in [-0.39, 0.29) is 16.0 Å². The predicted molar refractivity (Wildman–Crippen MR) is 74.7 cm³/mol. The molecule has 2 nitrogen and oxygen atoms in total. The molecule has 2 fully saturated rings. The number of amides is 1. The second-order valence-electron chi connectivity index (χ2n) is 5.45. The quantitative estimate of drug-likeness (QED) is 0.802. The number of carbonyl (C=O) groups is 1. The molecule has 1 aliphatic heterocycles. The fraction of sp³-hybridized carbons (Fsp3) is 0.923. The van der Waals surface area contributed by atoms with Crippen LogP contribution in [0.1, 0.15) is 45.4 Å². The molecule has 98 valence electrons. The molecule has 1 heterocycles. The van der Waals surface area contributed by atoms with E-state index in [4.69, 9.17) is 11.6 Å². The van der Waals surface area contributed by atoms with Crippen LogP contribution in [0, 0.1) is 5.92 Å². The monoisotopic (exact) mass is 275 g/mol. The number of thioether (sulfide) groups is 1. The van der Waals surface area contributed by atoms with Gasteiger partial charge in [-0.1, -0.05) is 12.8 Å². The summed E-state index contributed by atoms with van der Waals surface area (Å²) in [4.78, 5) is 12.1. The molecule has 1 saturated carbocycles. The summed E-state index contributed by atoms with van der Waals surface area (Å²) in [5, 5.41) is 3.38. The summed E-state index contributed by atoms with van der Waals surface area (Å²) in [6.07, 6.45) is 6.95. The molecule has 1 aliphatic carbocycles. The van der Waals surface area contributed by atoms with E-state index in [1.165, 1.54) is 12.8 Å². The van der Waals surface area contributed by atoms with Gasteiger partial charge in [0.1, 0.15) is 0 Å². The van der Waals surface area contributed by atoms with E-state index >= 15 is 0 Å². The molecule has 0 aromatic carbocycles. The van der Waals surface area contributed by atoms with Crippen molar-refractivity contribution in [3.63, 3.8) is 0 Å². The molecule has 3 unspecified atom stereocenters. The van der Waals surface area contributed by atoms with Crippen LogP contribution in [0.2, 0.25) is 0 Å². The van der Waals surface area contributed by atoms with Crippen LogP contribution >= 0.6 is 23.4 Å². The van der Waals surface area contributed by atoms with Gasteiger partial charge in [-0.15, -0.1) is 23.4 Å². The minimum atomic E-state index is -0.184. The van der Waals surface area contributed by atoms with Crippen molar-refractivity contribution in [1.29, 1.82) is 0 Å². The Hall–Kier alpha value is 0.110. The lowest BCUT2D eigenvalue weighted by Gasteiger charge is -2.29. The van der Waals surface area contributed by atoms with Gasteiger partial charge in [-0.25, -0.2) is 0 Å². The van der Waals surface area contributed by atoms with Crippen molar-refractivity contribution < 1.29 is 4.79 Å². The number of carbonyl (C=O) groups excluding carboxylic acids is 1. The molecule has 1 N–H and O–H groups in total. The molecule has 2 aliphatic rings. The lowest BCUT2D eigenvalue weighted by Crippen LogP contribution is -2.43. The fourth-order valence-electron chi connectivity index (χ4n) is 2.76. The van der Waals surface area contributed by atoms with Gasteiger partial charge in [0.25, 0.3) is 0 Å². The topological polar surface area (TPSA) is 29.1 Å². The molecule has 0 spiro atoms. The number of nitrogens with one attached hydrogen (secondary N) is 1. The van der Waals surface area contributed by atoms with Gasteiger partial charge in [0, 0.05) is 11.9 Å². The minimum absolute atomic E-state index is 0.184. The predicted octanol–water partition coefficient (Wildman–Crippen LogP) is 3.19. The van der Waals surface area contributed by atoms with Crippen LogP contribution in [0.25, 0.3) is 0 Å². The zero-order chi connectivity index (χ0) is 12.3. The van der Waals surface area contributed by atoms with Crippen molar-refractivity contribution in [2.75, 3.05) is 12.3 Å². The second kappa shape index (κ2) is 5.83. The van der Waals surface area contributed by atoms with Gasteiger partial charge < -0.3 is 5.32 Å². The van der Waals surface area contributed by atoms with Crippen LogP contribution in [0.5, 0.6) is 0 Å². The molecule has 2 rings (SSSR count). The SMILES string of the molecule is CC1(C(=O)NCC2CCCCC2Cl)CCCS1. The average Bonchev–Trinajstić information content (AvgIpc) is 2.76. The van der Waals surface area contributed by atoms with Crippen molar-refractivity contribution in [3.05, 3.63) is 0 Å². The smallest absolute Gasteiger partial charge is 0.235 e. The Labute approximate surface area is 113 Å². The summed E-state index contributed by atoms with van der Waals surface area (Å²) in [6, 6.07) is 0. The summed E-state index contributed by atoms with van der Waals surface area (Å²) in [7, 11) is 0. The van der Waals surface area contributed by atoms with Gasteiger partial charge in [-0.3, -0.25) is 4.79 Å². The van der Waals surface area contributed by atoms with E-state index in [2.05, 4.69) is 12.2 Å². The Morgan fingerprint density at radius 1 is 1.41 bits per heavy atom. The van der Waals surface area contributed by atoms with Crippen molar-refractivity contribution >= 4 is 29.3 Å². The molecular formula is C13H22ClNOS. The van der Waals surface area contributed by atoms with Gasteiger partial charge in [0.15, 0.2) is 0 Å². The van der Waals surface area contributed by atoms with Crippen molar-refractivity contribution in [3.8, 4) is 0 Å². The number of rotatable bonds is 3. The first-order valence-corrected chi connectivity index (χ1v) is 8.10. The third-order valence-electron chi connectivity index (χ3n) is 4.04. The average molecular weight is 276 g/mol. The first-order chi connectivity index (χ1) is 8.12. The molecule has 1 amide bonds. The lowest BCUT2D eigenvalue weighted by atomic mass is 9.88. The summed E-state index contributed by atoms with van der Waals surface area (Å²) in [5.41, 5.74) is 0. The Morgan fingerprint density at radius 2 is 2.18 bits per heavy atom. The molecule has 3 atom stereocenters. The summed E-state index contributed by atoms with van der Waals surface area (Å²) in [6.45, 7) is 2.84. The van der Waals surface area contributed by atoms with Crippen molar-refractivity contribution in [2.45, 2.75) is 55.6 Å². The number of hydrogen-bond acceptors (Lipinski definition) is 2. The Bertz CT molecular complexity index is 279. The zero-order valence-electron chi connectivity index (χ0n) is 10.5. The molecular weight excluding hydrogens is 254 g/mol. The standard InChI is InChI=1S/C13H22ClNOS/c1-13(7-4-8-17-13)12(16)15-9-10-5-2-3-6-11(10)14/h10-11H,2-9H2,1H3,(H,15,16). The highest BCUT2D eigenvalue weighted by atomic mass is 35.5. The number of hydrogen-bond donors (Lipinski definition) is 1. The van der Waals surface area contributed by atoms with Crippen LogP contribution in [-0.2, 0) is 4.79 Å². The largest absolute Gasteiger partial charge is 0.355 e. The van der Waals surface area contributed by atoms with E-state index in [1.807, 2.05) is 0 Å². The second-order valence-corrected chi connectivity index (χ2v) is 7.61. The van der Waals surface area contributed by atoms with Gasteiger partial charge in [-0.05, 0) is 44.3 Å². The third-order valence-corrected chi connectivity index (χ3v) is 6.13. The Balaban J connectivity index is 1.79. The summed E-state index contributed by atoms with van der Waals surface area (Å²) >= 11 is 8.10. The van der Waals surface area contributed by atoms with Crippen LogP contribution in [-0.4, -0.2) is 28.3 Å². The lowest BCUT2D eigenvalue weighted by molar-refractivity contribution is -0.123. The van der Waals surface area contributed by atoms with Gasteiger partial charge in [-0.2, -0.15) is 0 Å². The van der Waals surface area contributed by atoms with E-state index in [9.17, 15) is 4.79 Å². The first kappa shape index (κ1) is 13.5. The molecule has 0 aromatic rings. The molecule has 17 heavy (non-hydrogen) atoms. The highest BCUT2D eigenvalue weighted by molar-refractivity contribution is 8.01. The molecule has 0 radical (unpaired) electrons. The Morgan fingerprint density at radius 3 is 2.82 bits per heavy atom. The van der Waals surface area contributed by atoms with E-state index in [0.717, 1.165) is 38.0 Å². The van der Waals surface area contributed by atoms with Gasteiger partial charge in [0.05, 0.1) is 4.75 Å². The normalized spacial score (nSPS) is 38.0. The first-order valence-electron chi connectivity index (χ1n) is 6.68. The van der Waals surface area contributed by atoms with E-state index in [0.29, 0.717) is 5.92 Å². The van der Waals surface area contributed by atoms with Crippen LogP contribution in [0.3, 0.4) is 0 Å².